The zero-order valence-corrected chi connectivity index (χ0v) is 11.9. The summed E-state index contributed by atoms with van der Waals surface area (Å²) in [5, 5.41) is 5.00. The van der Waals surface area contributed by atoms with Gasteiger partial charge in [0.2, 0.25) is 5.96 Å². The van der Waals surface area contributed by atoms with Crippen LogP contribution in [0, 0.1) is 5.82 Å². The highest BCUT2D eigenvalue weighted by Crippen LogP contribution is 2.10. The molecule has 2 rings (SSSR count). The van der Waals surface area contributed by atoms with E-state index in [2.05, 4.69) is 17.2 Å². The number of benzene rings is 1. The monoisotopic (exact) mass is 279 g/mol. The smallest absolute Gasteiger partial charge is 0.218 e. The van der Waals surface area contributed by atoms with Crippen LogP contribution < -0.4 is 5.32 Å². The molecule has 5 heteroatoms. The Balaban J connectivity index is 1.78. The van der Waals surface area contributed by atoms with Crippen molar-refractivity contribution < 1.29 is 9.23 Å². The van der Waals surface area contributed by atoms with Crippen LogP contribution in [0.4, 0.5) is 4.39 Å². The summed E-state index contributed by atoms with van der Waals surface area (Å²) in [5.74, 6) is 0.526. The average molecular weight is 279 g/mol. The molecule has 0 radical (unpaired) electrons. The fourth-order valence-corrected chi connectivity index (χ4v) is 2.04. The van der Waals surface area contributed by atoms with Crippen LogP contribution in [0.15, 0.2) is 29.3 Å². The first-order valence-corrected chi connectivity index (χ1v) is 7.23. The molecule has 1 N–H and O–H groups in total. The van der Waals surface area contributed by atoms with Gasteiger partial charge in [-0.1, -0.05) is 38.0 Å². The third kappa shape index (κ3) is 4.20. The van der Waals surface area contributed by atoms with Crippen LogP contribution >= 0.6 is 0 Å². The Bertz CT molecular complexity index is 450. The number of unbranched alkanes of at least 4 members (excludes halogenated alkanes) is 2. The summed E-state index contributed by atoms with van der Waals surface area (Å²) < 4.78 is 13.5. The van der Waals surface area contributed by atoms with Crippen molar-refractivity contribution >= 4 is 5.96 Å². The maximum Gasteiger partial charge on any atom is 0.218 e. The second-order valence-corrected chi connectivity index (χ2v) is 4.81. The van der Waals surface area contributed by atoms with Crippen LogP contribution in [-0.4, -0.2) is 30.7 Å². The molecular weight excluding hydrogens is 257 g/mol. The summed E-state index contributed by atoms with van der Waals surface area (Å²) in [6, 6.07) is 6.66. The first-order valence-electron chi connectivity index (χ1n) is 7.23. The van der Waals surface area contributed by atoms with Gasteiger partial charge >= 0.3 is 0 Å². The van der Waals surface area contributed by atoms with Gasteiger partial charge in [-0.05, 0) is 12.5 Å². The summed E-state index contributed by atoms with van der Waals surface area (Å²) in [4.78, 5) is 10.0. The van der Waals surface area contributed by atoms with Gasteiger partial charge in [-0.15, -0.1) is 0 Å². The minimum absolute atomic E-state index is 0.225. The van der Waals surface area contributed by atoms with E-state index in [1.807, 2.05) is 6.07 Å². The van der Waals surface area contributed by atoms with Crippen LogP contribution in [0.1, 0.15) is 31.7 Å². The van der Waals surface area contributed by atoms with E-state index in [0.717, 1.165) is 18.9 Å². The number of rotatable bonds is 7. The molecule has 4 nitrogen and oxygen atoms in total. The number of nitrogens with zero attached hydrogens (tertiary/aromatic N) is 2. The summed E-state index contributed by atoms with van der Waals surface area (Å²) >= 11 is 0. The maximum atomic E-state index is 13.5. The zero-order valence-electron chi connectivity index (χ0n) is 11.9. The molecule has 0 spiro atoms. The third-order valence-electron chi connectivity index (χ3n) is 3.20. The van der Waals surface area contributed by atoms with Crippen molar-refractivity contribution in [2.75, 3.05) is 19.6 Å². The van der Waals surface area contributed by atoms with E-state index < -0.39 is 0 Å². The fraction of sp³-hybridized carbons (Fsp3) is 0.533. The number of halogens is 1. The number of guanidine groups is 1. The molecule has 0 bridgehead atoms. The second kappa shape index (κ2) is 7.85. The van der Waals surface area contributed by atoms with Crippen LogP contribution in [0.3, 0.4) is 0 Å². The van der Waals surface area contributed by atoms with Crippen molar-refractivity contribution in [1.29, 1.82) is 0 Å². The topological polar surface area (TPSA) is 36.9 Å². The van der Waals surface area contributed by atoms with Gasteiger partial charge < -0.3 is 5.32 Å². The Morgan fingerprint density at radius 2 is 2.20 bits per heavy atom. The lowest BCUT2D eigenvalue weighted by molar-refractivity contribution is -0.106. The molecule has 1 heterocycles. The van der Waals surface area contributed by atoms with E-state index in [1.165, 1.54) is 18.9 Å². The molecular formula is C15H22FN3O. The highest BCUT2D eigenvalue weighted by Gasteiger charge is 2.17. The highest BCUT2D eigenvalue weighted by atomic mass is 19.1. The van der Waals surface area contributed by atoms with Crippen LogP contribution in [0.5, 0.6) is 0 Å². The van der Waals surface area contributed by atoms with Crippen molar-refractivity contribution in [3.05, 3.63) is 35.6 Å². The summed E-state index contributed by atoms with van der Waals surface area (Å²) in [7, 11) is 0. The lowest BCUT2D eigenvalue weighted by Crippen LogP contribution is -2.38. The maximum absolute atomic E-state index is 13.5. The molecule has 20 heavy (non-hydrogen) atoms. The highest BCUT2D eigenvalue weighted by molar-refractivity contribution is 5.80. The average Bonchev–Trinajstić information content (AvgIpc) is 2.90. The van der Waals surface area contributed by atoms with E-state index in [4.69, 9.17) is 4.84 Å². The number of aliphatic imine (C=N–C) groups is 1. The minimum atomic E-state index is -0.235. The molecule has 0 atom stereocenters. The van der Waals surface area contributed by atoms with Crippen molar-refractivity contribution in [1.82, 2.24) is 10.4 Å². The Hall–Kier alpha value is -1.62. The summed E-state index contributed by atoms with van der Waals surface area (Å²) in [6.45, 7) is 4.73. The van der Waals surface area contributed by atoms with E-state index in [1.54, 1.807) is 17.2 Å². The van der Waals surface area contributed by atoms with Crippen molar-refractivity contribution in [2.45, 2.75) is 32.8 Å². The van der Waals surface area contributed by atoms with E-state index >= 15 is 0 Å². The van der Waals surface area contributed by atoms with Gasteiger partial charge in [-0.3, -0.25) is 4.84 Å². The minimum Gasteiger partial charge on any atom is -0.354 e. The quantitative estimate of drug-likeness (QED) is 0.780. The predicted molar refractivity (Wildman–Crippen MR) is 77.7 cm³/mol. The van der Waals surface area contributed by atoms with E-state index in [-0.39, 0.29) is 12.4 Å². The van der Waals surface area contributed by atoms with Gasteiger partial charge in [0.05, 0.1) is 13.1 Å². The standard InChI is InChI=1S/C15H22FN3O/c1-2-3-6-9-17-15-18-10-11-19(15)20-12-13-7-4-5-8-14(13)16/h4-5,7-8H,2-3,6,9-12H2,1H3,(H,17,18). The van der Waals surface area contributed by atoms with E-state index in [0.29, 0.717) is 18.7 Å². The van der Waals surface area contributed by atoms with Gasteiger partial charge in [0.25, 0.3) is 0 Å². The van der Waals surface area contributed by atoms with Crippen LogP contribution in [0.25, 0.3) is 0 Å². The molecule has 0 fully saturated rings. The van der Waals surface area contributed by atoms with E-state index in [9.17, 15) is 4.39 Å². The molecule has 0 aromatic heterocycles. The van der Waals surface area contributed by atoms with Gasteiger partial charge in [-0.2, -0.15) is 0 Å². The molecule has 1 aromatic rings. The number of nitrogens with one attached hydrogen (secondary N) is 1. The molecule has 0 aliphatic carbocycles. The van der Waals surface area contributed by atoms with Gasteiger partial charge in [0, 0.05) is 12.1 Å². The second-order valence-electron chi connectivity index (χ2n) is 4.81. The van der Waals surface area contributed by atoms with Gasteiger partial charge in [-0.25, -0.2) is 14.4 Å². The largest absolute Gasteiger partial charge is 0.354 e. The Kier molecular flexibility index (Phi) is 5.80. The first-order chi connectivity index (χ1) is 9.81. The number of hydrogen-bond donors (Lipinski definition) is 1. The number of hydrogen-bond acceptors (Lipinski definition) is 4. The summed E-state index contributed by atoms with van der Waals surface area (Å²) in [5.41, 5.74) is 0.560. The van der Waals surface area contributed by atoms with Gasteiger partial charge in [0.1, 0.15) is 12.4 Å². The Labute approximate surface area is 119 Å². The lowest BCUT2D eigenvalue weighted by Gasteiger charge is -2.20. The predicted octanol–water partition coefficient (Wildman–Crippen LogP) is 2.71. The van der Waals surface area contributed by atoms with Crippen molar-refractivity contribution in [3.63, 3.8) is 0 Å². The molecule has 0 saturated carbocycles. The normalized spacial score (nSPS) is 14.5. The third-order valence-corrected chi connectivity index (χ3v) is 3.20. The SMILES string of the molecule is CCCCCNC1=NCCN1OCc1ccccc1F. The summed E-state index contributed by atoms with van der Waals surface area (Å²) in [6.07, 6.45) is 3.52. The lowest BCUT2D eigenvalue weighted by atomic mass is 10.2. The first kappa shape index (κ1) is 14.8. The molecule has 0 amide bonds. The molecule has 1 aromatic carbocycles. The van der Waals surface area contributed by atoms with Crippen molar-refractivity contribution in [2.24, 2.45) is 4.99 Å². The molecule has 1 aliphatic rings. The fourth-order valence-electron chi connectivity index (χ4n) is 2.04. The molecule has 0 saturated heterocycles. The molecule has 0 unspecified atom stereocenters. The zero-order chi connectivity index (χ0) is 14.2. The molecule has 110 valence electrons. The van der Waals surface area contributed by atoms with Gasteiger partial charge in [0.15, 0.2) is 0 Å². The van der Waals surface area contributed by atoms with Crippen molar-refractivity contribution in [3.8, 4) is 0 Å². The number of hydroxylamine groups is 2. The molecule has 1 aliphatic heterocycles. The Morgan fingerprint density at radius 1 is 1.35 bits per heavy atom. The van der Waals surface area contributed by atoms with Crippen LogP contribution in [0.2, 0.25) is 0 Å². The van der Waals surface area contributed by atoms with Crippen LogP contribution in [-0.2, 0) is 11.4 Å². The Morgan fingerprint density at radius 3 is 3.00 bits per heavy atom.